The van der Waals surface area contributed by atoms with Gasteiger partial charge in [-0.25, -0.2) is 0 Å². The Morgan fingerprint density at radius 3 is 2.87 bits per heavy atom. The van der Waals surface area contributed by atoms with Crippen molar-refractivity contribution in [3.63, 3.8) is 0 Å². The van der Waals surface area contributed by atoms with Gasteiger partial charge in [-0.15, -0.1) is 0 Å². The van der Waals surface area contributed by atoms with E-state index in [-0.39, 0.29) is 29.6 Å². The van der Waals surface area contributed by atoms with E-state index in [4.69, 9.17) is 0 Å². The van der Waals surface area contributed by atoms with Crippen molar-refractivity contribution in [2.45, 2.75) is 25.9 Å². The molecule has 0 aliphatic heterocycles. The minimum Gasteiger partial charge on any atom is -0.548 e. The standard InChI is InChI=1S/C10H14N2O2.Na/c1-2-9(10(13)14)12-7-8-4-3-5-11-6-8;/h3-6,9,12H,2,7H2,1H3,(H,13,14);/q;+1/p-1. The number of aliphatic carboxylic acids is 1. The second-order valence-electron chi connectivity index (χ2n) is 3.02. The zero-order valence-electron chi connectivity index (χ0n) is 9.06. The Bertz CT molecular complexity index is 293. The van der Waals surface area contributed by atoms with Crippen LogP contribution >= 0.6 is 0 Å². The van der Waals surface area contributed by atoms with Crippen LogP contribution in [0.15, 0.2) is 24.5 Å². The van der Waals surface area contributed by atoms with Crippen LogP contribution in [0.1, 0.15) is 18.9 Å². The summed E-state index contributed by atoms with van der Waals surface area (Å²) in [6, 6.07) is 3.12. The third kappa shape index (κ3) is 5.28. The molecule has 0 amide bonds. The van der Waals surface area contributed by atoms with E-state index < -0.39 is 12.0 Å². The van der Waals surface area contributed by atoms with Gasteiger partial charge in [0.05, 0.1) is 5.97 Å². The van der Waals surface area contributed by atoms with E-state index in [0.717, 1.165) is 5.56 Å². The molecule has 1 unspecified atom stereocenters. The molecule has 1 atom stereocenters. The predicted octanol–water partition coefficient (Wildman–Crippen LogP) is -3.30. The number of carboxylic acid groups (broad SMARTS) is 1. The maximum atomic E-state index is 10.6. The van der Waals surface area contributed by atoms with Gasteiger partial charge >= 0.3 is 29.6 Å². The van der Waals surface area contributed by atoms with E-state index in [2.05, 4.69) is 10.3 Å². The molecule has 1 aromatic rings. The van der Waals surface area contributed by atoms with E-state index in [1.54, 1.807) is 19.3 Å². The molecule has 1 aromatic heterocycles. The molecule has 0 saturated heterocycles. The average molecular weight is 216 g/mol. The van der Waals surface area contributed by atoms with Crippen LogP contribution in [0, 0.1) is 0 Å². The third-order valence-corrected chi connectivity index (χ3v) is 1.97. The van der Waals surface area contributed by atoms with Crippen LogP contribution in [0.4, 0.5) is 0 Å². The van der Waals surface area contributed by atoms with Gasteiger partial charge in [-0.2, -0.15) is 0 Å². The van der Waals surface area contributed by atoms with E-state index >= 15 is 0 Å². The van der Waals surface area contributed by atoms with Crippen LogP contribution < -0.4 is 40.0 Å². The second-order valence-corrected chi connectivity index (χ2v) is 3.02. The van der Waals surface area contributed by atoms with Crippen molar-refractivity contribution >= 4 is 5.97 Å². The van der Waals surface area contributed by atoms with Gasteiger partial charge in [-0.05, 0) is 18.1 Å². The SMILES string of the molecule is CCC(NCc1cccnc1)C(=O)[O-].[Na+]. The Balaban J connectivity index is 0.00000196. The van der Waals surface area contributed by atoms with E-state index in [1.807, 2.05) is 12.1 Å². The summed E-state index contributed by atoms with van der Waals surface area (Å²) < 4.78 is 0. The van der Waals surface area contributed by atoms with Crippen molar-refractivity contribution in [2.24, 2.45) is 0 Å². The molecule has 0 aromatic carbocycles. The fourth-order valence-electron chi connectivity index (χ4n) is 1.14. The van der Waals surface area contributed by atoms with Crippen LogP contribution in [-0.4, -0.2) is 17.0 Å². The van der Waals surface area contributed by atoms with Crippen molar-refractivity contribution in [1.29, 1.82) is 0 Å². The molecule has 0 aliphatic carbocycles. The topological polar surface area (TPSA) is 65.0 Å². The molecule has 0 bridgehead atoms. The van der Waals surface area contributed by atoms with Gasteiger partial charge < -0.3 is 15.2 Å². The van der Waals surface area contributed by atoms with Crippen LogP contribution in [0.25, 0.3) is 0 Å². The molecule has 76 valence electrons. The van der Waals surface area contributed by atoms with E-state index in [9.17, 15) is 9.90 Å². The Kier molecular flexibility index (Phi) is 7.60. The largest absolute Gasteiger partial charge is 1.00 e. The number of carbonyl (C=O) groups excluding carboxylic acids is 1. The van der Waals surface area contributed by atoms with Gasteiger partial charge in [0.25, 0.3) is 0 Å². The van der Waals surface area contributed by atoms with Crippen molar-refractivity contribution < 1.29 is 39.5 Å². The molecule has 1 N–H and O–H groups in total. The first-order valence-corrected chi connectivity index (χ1v) is 4.57. The minimum atomic E-state index is -1.06. The number of hydrogen-bond acceptors (Lipinski definition) is 4. The van der Waals surface area contributed by atoms with Crippen molar-refractivity contribution in [3.8, 4) is 0 Å². The molecule has 0 fully saturated rings. The summed E-state index contributed by atoms with van der Waals surface area (Å²) in [5.74, 6) is -1.06. The monoisotopic (exact) mass is 216 g/mol. The van der Waals surface area contributed by atoms with Gasteiger partial charge in [0.15, 0.2) is 0 Å². The molecule has 0 saturated carbocycles. The Morgan fingerprint density at radius 2 is 2.40 bits per heavy atom. The van der Waals surface area contributed by atoms with E-state index in [0.29, 0.717) is 13.0 Å². The molecule has 0 radical (unpaired) electrons. The molecule has 15 heavy (non-hydrogen) atoms. The minimum absolute atomic E-state index is 0. The zero-order chi connectivity index (χ0) is 10.4. The fourth-order valence-corrected chi connectivity index (χ4v) is 1.14. The van der Waals surface area contributed by atoms with Crippen LogP contribution in [0.3, 0.4) is 0 Å². The van der Waals surface area contributed by atoms with Gasteiger partial charge in [0, 0.05) is 25.0 Å². The summed E-state index contributed by atoms with van der Waals surface area (Å²) in [6.07, 6.45) is 3.90. The maximum Gasteiger partial charge on any atom is 1.00 e. The molecule has 1 rings (SSSR count). The molecule has 0 spiro atoms. The number of pyridine rings is 1. The van der Waals surface area contributed by atoms with Gasteiger partial charge in [-0.1, -0.05) is 13.0 Å². The van der Waals surface area contributed by atoms with Crippen molar-refractivity contribution in [1.82, 2.24) is 10.3 Å². The number of carboxylic acids is 1. The van der Waals surface area contributed by atoms with Crippen molar-refractivity contribution in [2.75, 3.05) is 0 Å². The molecule has 5 heteroatoms. The summed E-state index contributed by atoms with van der Waals surface area (Å²) in [6.45, 7) is 2.30. The number of nitrogens with zero attached hydrogens (tertiary/aromatic N) is 1. The summed E-state index contributed by atoms with van der Waals surface area (Å²) in [5, 5.41) is 13.4. The summed E-state index contributed by atoms with van der Waals surface area (Å²) in [5.41, 5.74) is 0.965. The summed E-state index contributed by atoms with van der Waals surface area (Å²) >= 11 is 0. The molecular weight excluding hydrogens is 203 g/mol. The Hall–Kier alpha value is -0.420. The van der Waals surface area contributed by atoms with Crippen LogP contribution in [-0.2, 0) is 11.3 Å². The molecule has 0 aliphatic rings. The number of hydrogen-bond donors (Lipinski definition) is 1. The van der Waals surface area contributed by atoms with Gasteiger partial charge in [0.2, 0.25) is 0 Å². The number of aromatic nitrogens is 1. The maximum absolute atomic E-state index is 10.6. The Morgan fingerprint density at radius 1 is 1.67 bits per heavy atom. The summed E-state index contributed by atoms with van der Waals surface area (Å²) in [7, 11) is 0. The molecular formula is C10H13N2NaO2. The molecule has 4 nitrogen and oxygen atoms in total. The summed E-state index contributed by atoms with van der Waals surface area (Å²) in [4.78, 5) is 14.5. The van der Waals surface area contributed by atoms with Gasteiger partial charge in [0.1, 0.15) is 0 Å². The normalized spacial score (nSPS) is 11.5. The average Bonchev–Trinajstić information content (AvgIpc) is 2.20. The first-order chi connectivity index (χ1) is 6.74. The number of carbonyl (C=O) groups is 1. The quantitative estimate of drug-likeness (QED) is 0.524. The first kappa shape index (κ1) is 14.6. The van der Waals surface area contributed by atoms with Crippen LogP contribution in [0.2, 0.25) is 0 Å². The first-order valence-electron chi connectivity index (χ1n) is 4.57. The fraction of sp³-hybridized carbons (Fsp3) is 0.400. The zero-order valence-corrected chi connectivity index (χ0v) is 11.1. The second kappa shape index (κ2) is 7.82. The van der Waals surface area contributed by atoms with E-state index in [1.165, 1.54) is 0 Å². The van der Waals surface area contributed by atoms with Crippen LogP contribution in [0.5, 0.6) is 0 Å². The third-order valence-electron chi connectivity index (χ3n) is 1.97. The molecule has 1 heterocycles. The predicted molar refractivity (Wildman–Crippen MR) is 50.2 cm³/mol. The smallest absolute Gasteiger partial charge is 0.548 e. The van der Waals surface area contributed by atoms with Crippen molar-refractivity contribution in [3.05, 3.63) is 30.1 Å². The van der Waals surface area contributed by atoms with Gasteiger partial charge in [-0.3, -0.25) is 4.98 Å². The Labute approximate surface area is 111 Å². The number of nitrogens with one attached hydrogen (secondary N) is 1. The number of rotatable bonds is 5.